The lowest BCUT2D eigenvalue weighted by molar-refractivity contribution is -0.384. The maximum absolute atomic E-state index is 11.1. The van der Waals surface area contributed by atoms with E-state index in [0.717, 1.165) is 27.1 Å². The van der Waals surface area contributed by atoms with Gasteiger partial charge in [-0.1, -0.05) is 78.9 Å². The number of rotatable bonds is 5. The summed E-state index contributed by atoms with van der Waals surface area (Å²) in [6.07, 6.45) is 0. The number of aromatic nitrogens is 1. The quantitative estimate of drug-likeness (QED) is 0.186. The number of nitro benzene ring substituents is 1. The number of hydrogen-bond donors (Lipinski definition) is 0. The lowest BCUT2D eigenvalue weighted by Crippen LogP contribution is -1.92. The van der Waals surface area contributed by atoms with Crippen molar-refractivity contribution in [2.24, 2.45) is 0 Å². The average molecular weight is 473 g/mol. The summed E-state index contributed by atoms with van der Waals surface area (Å²) in [5, 5.41) is 13.5. The van der Waals surface area contributed by atoms with E-state index in [1.165, 1.54) is 21.9 Å². The zero-order valence-corrected chi connectivity index (χ0v) is 19.5. The molecule has 0 bridgehead atoms. The Morgan fingerprint density at radius 3 is 1.94 bits per heavy atom. The van der Waals surface area contributed by atoms with E-state index in [1.54, 1.807) is 24.1 Å². The summed E-state index contributed by atoms with van der Waals surface area (Å²) in [6, 6.07) is 40.6. The molecular formula is C30H20N2O2S. The molecule has 5 heteroatoms. The van der Waals surface area contributed by atoms with Crippen LogP contribution in [-0.4, -0.2) is 8.90 Å². The van der Waals surface area contributed by atoms with Gasteiger partial charge in [-0.3, -0.25) is 14.1 Å². The number of hydrogen-bond acceptors (Lipinski definition) is 3. The van der Waals surface area contributed by atoms with Crippen LogP contribution in [0.1, 0.15) is 0 Å². The van der Waals surface area contributed by atoms with Gasteiger partial charge in [-0.05, 0) is 59.0 Å². The predicted octanol–water partition coefficient (Wildman–Crippen LogP) is 8.59. The van der Waals surface area contributed by atoms with Crippen molar-refractivity contribution >= 4 is 39.4 Å². The van der Waals surface area contributed by atoms with Crippen molar-refractivity contribution in [1.82, 2.24) is 3.97 Å². The Labute approximate surface area is 206 Å². The predicted molar refractivity (Wildman–Crippen MR) is 145 cm³/mol. The zero-order valence-electron chi connectivity index (χ0n) is 18.7. The largest absolute Gasteiger partial charge is 0.279 e. The van der Waals surface area contributed by atoms with Gasteiger partial charge in [-0.25, -0.2) is 0 Å². The molecule has 0 atom stereocenters. The number of para-hydroxylation sites is 1. The second-order valence-electron chi connectivity index (χ2n) is 8.31. The van der Waals surface area contributed by atoms with E-state index in [4.69, 9.17) is 0 Å². The minimum Gasteiger partial charge on any atom is -0.279 e. The molecule has 0 aliphatic carbocycles. The summed E-state index contributed by atoms with van der Waals surface area (Å²) in [5.41, 5.74) is 6.95. The number of fused-ring (bicyclic) bond motifs is 3. The minimum atomic E-state index is -0.368. The SMILES string of the molecule is O=[N+]([O-])c1ccc(Sn2c3ccccc3c3cc(-c4ccccc4)cc(-c4ccccc4)c32)cc1. The highest BCUT2D eigenvalue weighted by Gasteiger charge is 2.18. The van der Waals surface area contributed by atoms with Crippen molar-refractivity contribution in [3.63, 3.8) is 0 Å². The van der Waals surface area contributed by atoms with Crippen LogP contribution in [0.25, 0.3) is 44.1 Å². The standard InChI is InChI=1S/C30H20N2O2S/c33-32(34)24-15-17-25(18-16-24)35-31-29-14-8-7-13-26(29)28-20-23(21-9-3-1-4-10-21)19-27(30(28)31)22-11-5-2-6-12-22/h1-20H. The number of non-ortho nitro benzene ring substituents is 1. The summed E-state index contributed by atoms with van der Waals surface area (Å²) < 4.78 is 2.25. The van der Waals surface area contributed by atoms with Crippen LogP contribution < -0.4 is 0 Å². The van der Waals surface area contributed by atoms with E-state index in [-0.39, 0.29) is 10.6 Å². The molecule has 1 heterocycles. The lowest BCUT2D eigenvalue weighted by atomic mass is 9.95. The molecule has 0 N–H and O–H groups in total. The fourth-order valence-corrected chi connectivity index (χ4v) is 5.54. The van der Waals surface area contributed by atoms with Gasteiger partial charge in [-0.15, -0.1) is 0 Å². The first-order valence-corrected chi connectivity index (χ1v) is 12.1. The van der Waals surface area contributed by atoms with E-state index in [2.05, 4.69) is 88.9 Å². The maximum atomic E-state index is 11.1. The molecule has 0 saturated heterocycles. The van der Waals surface area contributed by atoms with Gasteiger partial charge in [0.25, 0.3) is 5.69 Å². The molecule has 0 aliphatic heterocycles. The van der Waals surface area contributed by atoms with Gasteiger partial charge in [0.2, 0.25) is 0 Å². The van der Waals surface area contributed by atoms with Crippen LogP contribution >= 0.6 is 11.9 Å². The summed E-state index contributed by atoms with van der Waals surface area (Å²) >= 11 is 1.58. The van der Waals surface area contributed by atoms with Crippen LogP contribution in [0.2, 0.25) is 0 Å². The highest BCUT2D eigenvalue weighted by molar-refractivity contribution is 7.98. The van der Waals surface area contributed by atoms with Crippen LogP contribution in [0.4, 0.5) is 5.69 Å². The number of nitro groups is 1. The fraction of sp³-hybridized carbons (Fsp3) is 0. The first-order valence-electron chi connectivity index (χ1n) is 11.3. The maximum Gasteiger partial charge on any atom is 0.269 e. The topological polar surface area (TPSA) is 48.1 Å². The van der Waals surface area contributed by atoms with Crippen molar-refractivity contribution in [2.45, 2.75) is 4.90 Å². The average Bonchev–Trinajstić information content (AvgIpc) is 3.23. The van der Waals surface area contributed by atoms with Crippen molar-refractivity contribution < 1.29 is 4.92 Å². The molecule has 0 radical (unpaired) electrons. The molecule has 168 valence electrons. The van der Waals surface area contributed by atoms with Crippen molar-refractivity contribution in [1.29, 1.82) is 0 Å². The molecule has 0 aliphatic rings. The highest BCUT2D eigenvalue weighted by atomic mass is 32.2. The molecule has 35 heavy (non-hydrogen) atoms. The Kier molecular flexibility index (Phi) is 5.32. The van der Waals surface area contributed by atoms with Gasteiger partial charge in [0, 0.05) is 33.4 Å². The summed E-state index contributed by atoms with van der Waals surface area (Å²) in [7, 11) is 0. The summed E-state index contributed by atoms with van der Waals surface area (Å²) in [4.78, 5) is 11.7. The Balaban J connectivity index is 1.64. The first kappa shape index (κ1) is 21.2. The minimum absolute atomic E-state index is 0.0917. The molecule has 0 spiro atoms. The molecule has 0 unspecified atom stereocenters. The van der Waals surface area contributed by atoms with Crippen LogP contribution in [0, 0.1) is 10.1 Å². The summed E-state index contributed by atoms with van der Waals surface area (Å²) in [5.74, 6) is 0. The van der Waals surface area contributed by atoms with E-state index < -0.39 is 0 Å². The number of nitrogens with zero attached hydrogens (tertiary/aromatic N) is 2. The third-order valence-corrected chi connectivity index (χ3v) is 7.21. The van der Waals surface area contributed by atoms with Crippen LogP contribution in [0.3, 0.4) is 0 Å². The Morgan fingerprint density at radius 1 is 0.629 bits per heavy atom. The van der Waals surface area contributed by atoms with Gasteiger partial charge in [0.1, 0.15) is 0 Å². The summed E-state index contributed by atoms with van der Waals surface area (Å²) in [6.45, 7) is 0. The van der Waals surface area contributed by atoms with Gasteiger partial charge >= 0.3 is 0 Å². The molecule has 6 rings (SSSR count). The van der Waals surface area contributed by atoms with E-state index in [1.807, 2.05) is 24.3 Å². The third kappa shape index (κ3) is 3.86. The first-order chi connectivity index (χ1) is 17.2. The molecule has 0 fully saturated rings. The number of benzene rings is 5. The van der Waals surface area contributed by atoms with Crippen LogP contribution in [-0.2, 0) is 0 Å². The van der Waals surface area contributed by atoms with Crippen molar-refractivity contribution in [2.75, 3.05) is 0 Å². The Hall–Kier alpha value is -4.35. The van der Waals surface area contributed by atoms with Crippen molar-refractivity contribution in [3.8, 4) is 22.3 Å². The molecular weight excluding hydrogens is 452 g/mol. The second-order valence-corrected chi connectivity index (χ2v) is 9.32. The van der Waals surface area contributed by atoms with Crippen LogP contribution in [0.15, 0.2) is 126 Å². The smallest absolute Gasteiger partial charge is 0.269 e. The molecule has 1 aromatic heterocycles. The molecule has 5 aromatic carbocycles. The third-order valence-electron chi connectivity index (χ3n) is 6.16. The van der Waals surface area contributed by atoms with Crippen molar-refractivity contribution in [3.05, 3.63) is 131 Å². The van der Waals surface area contributed by atoms with E-state index in [9.17, 15) is 10.1 Å². The van der Waals surface area contributed by atoms with Gasteiger partial charge in [-0.2, -0.15) is 0 Å². The molecule has 0 saturated carbocycles. The zero-order chi connectivity index (χ0) is 23.8. The molecule has 0 amide bonds. The van der Waals surface area contributed by atoms with Gasteiger partial charge in [0.05, 0.1) is 16.0 Å². The van der Waals surface area contributed by atoms with Crippen LogP contribution in [0.5, 0.6) is 0 Å². The van der Waals surface area contributed by atoms with E-state index >= 15 is 0 Å². The second kappa shape index (κ2) is 8.78. The van der Waals surface area contributed by atoms with E-state index in [0.29, 0.717) is 0 Å². The molecule has 4 nitrogen and oxygen atoms in total. The highest BCUT2D eigenvalue weighted by Crippen LogP contribution is 2.42. The van der Waals surface area contributed by atoms with Gasteiger partial charge in [0.15, 0.2) is 0 Å². The Morgan fingerprint density at radius 2 is 1.26 bits per heavy atom. The lowest BCUT2D eigenvalue weighted by Gasteiger charge is -2.13. The monoisotopic (exact) mass is 472 g/mol. The fourth-order valence-electron chi connectivity index (χ4n) is 4.52. The normalized spacial score (nSPS) is 11.2. The molecule has 6 aromatic rings. The Bertz CT molecular complexity index is 1680. The van der Waals surface area contributed by atoms with Gasteiger partial charge < -0.3 is 0 Å².